The highest BCUT2D eigenvalue weighted by Gasteiger charge is 2.17. The Kier molecular flexibility index (Phi) is 4.62. The third-order valence-corrected chi connectivity index (χ3v) is 4.32. The monoisotopic (exact) mass is 327 g/mol. The molecule has 0 saturated heterocycles. The number of fused-ring (bicyclic) bond motifs is 1. The second kappa shape index (κ2) is 6.69. The van der Waals surface area contributed by atoms with Gasteiger partial charge in [-0.25, -0.2) is 0 Å². The summed E-state index contributed by atoms with van der Waals surface area (Å²) in [5, 5.41) is 9.04. The van der Waals surface area contributed by atoms with Gasteiger partial charge < -0.3 is 14.5 Å². The summed E-state index contributed by atoms with van der Waals surface area (Å²) in [6.45, 7) is 8.49. The van der Waals surface area contributed by atoms with E-state index in [9.17, 15) is 0 Å². The van der Waals surface area contributed by atoms with Gasteiger partial charge in [0.2, 0.25) is 0 Å². The average molecular weight is 327 g/mol. The number of nitrogens with one attached hydrogen (secondary N) is 1. The second-order valence-corrected chi connectivity index (χ2v) is 6.48. The van der Waals surface area contributed by atoms with Gasteiger partial charge in [0.15, 0.2) is 11.3 Å². The molecule has 0 spiro atoms. The predicted molar refractivity (Wildman–Crippen MR) is 95.3 cm³/mol. The molecule has 0 saturated carbocycles. The lowest BCUT2D eigenvalue weighted by molar-refractivity contribution is 0.391. The lowest BCUT2D eigenvalue weighted by Gasteiger charge is -2.17. The fraction of sp³-hybridized carbons (Fsp3) is 0.421. The number of hydrogen-bond acceptors (Lipinski definition) is 4. The van der Waals surface area contributed by atoms with Gasteiger partial charge in [0.05, 0.1) is 19.3 Å². The maximum Gasteiger partial charge on any atom is 0.176 e. The standard InChI is InChI=1S/C19H25N3O2/c1-12(2)22-11-16(10-20-22)13(3)21-14(4)18-9-15-7-6-8-17(23-5)19(15)24-18/h6-14,21H,1-5H3/t13-,14+/m1/s1. The van der Waals surface area contributed by atoms with E-state index >= 15 is 0 Å². The van der Waals surface area contributed by atoms with Gasteiger partial charge in [0.1, 0.15) is 5.76 Å². The van der Waals surface area contributed by atoms with E-state index in [1.165, 1.54) is 5.56 Å². The van der Waals surface area contributed by atoms with E-state index in [4.69, 9.17) is 9.15 Å². The van der Waals surface area contributed by atoms with E-state index in [2.05, 4.69) is 50.4 Å². The number of nitrogens with zero attached hydrogens (tertiary/aromatic N) is 2. The number of furan rings is 1. The van der Waals surface area contributed by atoms with Gasteiger partial charge in [-0.15, -0.1) is 0 Å². The molecule has 0 unspecified atom stereocenters. The molecule has 0 radical (unpaired) electrons. The van der Waals surface area contributed by atoms with Crippen molar-refractivity contribution >= 4 is 11.0 Å². The Morgan fingerprint density at radius 1 is 1.17 bits per heavy atom. The largest absolute Gasteiger partial charge is 0.493 e. The molecule has 3 aromatic rings. The molecule has 1 aromatic carbocycles. The molecule has 2 aromatic heterocycles. The maximum absolute atomic E-state index is 6.02. The predicted octanol–water partition coefficient (Wildman–Crippen LogP) is 4.63. The summed E-state index contributed by atoms with van der Waals surface area (Å²) >= 11 is 0. The van der Waals surface area contributed by atoms with Crippen molar-refractivity contribution < 1.29 is 9.15 Å². The van der Waals surface area contributed by atoms with E-state index in [-0.39, 0.29) is 12.1 Å². The van der Waals surface area contributed by atoms with Crippen molar-refractivity contribution in [2.75, 3.05) is 7.11 Å². The molecule has 0 fully saturated rings. The SMILES string of the molecule is COc1cccc2cc([C@H](C)N[C@H](C)c3cnn(C(C)C)c3)oc12. The molecule has 0 amide bonds. The summed E-state index contributed by atoms with van der Waals surface area (Å²) in [5.41, 5.74) is 1.97. The van der Waals surface area contributed by atoms with Crippen LogP contribution in [0.25, 0.3) is 11.0 Å². The summed E-state index contributed by atoms with van der Waals surface area (Å²) in [6.07, 6.45) is 4.02. The summed E-state index contributed by atoms with van der Waals surface area (Å²) < 4.78 is 13.4. The first-order valence-electron chi connectivity index (χ1n) is 8.36. The van der Waals surface area contributed by atoms with Crippen molar-refractivity contribution in [1.29, 1.82) is 0 Å². The van der Waals surface area contributed by atoms with Crippen LogP contribution in [0.4, 0.5) is 0 Å². The maximum atomic E-state index is 6.02. The van der Waals surface area contributed by atoms with Gasteiger partial charge in [-0.05, 0) is 39.8 Å². The Balaban J connectivity index is 1.77. The number of methoxy groups -OCH3 is 1. The zero-order chi connectivity index (χ0) is 17.3. The van der Waals surface area contributed by atoms with Crippen LogP contribution in [0.3, 0.4) is 0 Å². The number of aromatic nitrogens is 2. The molecule has 128 valence electrons. The van der Waals surface area contributed by atoms with Gasteiger partial charge in [0, 0.05) is 29.2 Å². The van der Waals surface area contributed by atoms with Crippen molar-refractivity contribution in [2.24, 2.45) is 0 Å². The lowest BCUT2D eigenvalue weighted by Crippen LogP contribution is -2.21. The van der Waals surface area contributed by atoms with Gasteiger partial charge in [0.25, 0.3) is 0 Å². The van der Waals surface area contributed by atoms with E-state index in [0.29, 0.717) is 6.04 Å². The summed E-state index contributed by atoms with van der Waals surface area (Å²) in [4.78, 5) is 0. The molecule has 2 heterocycles. The third kappa shape index (κ3) is 3.17. The van der Waals surface area contributed by atoms with Crippen LogP contribution in [0.1, 0.15) is 57.1 Å². The fourth-order valence-electron chi connectivity index (χ4n) is 2.84. The highest BCUT2D eigenvalue weighted by atomic mass is 16.5. The fourth-order valence-corrected chi connectivity index (χ4v) is 2.84. The molecular formula is C19H25N3O2. The molecule has 0 aliphatic carbocycles. The normalized spacial score (nSPS) is 14.2. The minimum Gasteiger partial charge on any atom is -0.493 e. The number of benzene rings is 1. The van der Waals surface area contributed by atoms with Crippen LogP contribution >= 0.6 is 0 Å². The Morgan fingerprint density at radius 3 is 2.62 bits per heavy atom. The minimum atomic E-state index is 0.0829. The first kappa shape index (κ1) is 16.6. The zero-order valence-corrected chi connectivity index (χ0v) is 14.9. The molecule has 0 bridgehead atoms. The van der Waals surface area contributed by atoms with Gasteiger partial charge >= 0.3 is 0 Å². The third-order valence-electron chi connectivity index (χ3n) is 4.32. The first-order valence-corrected chi connectivity index (χ1v) is 8.36. The summed E-state index contributed by atoms with van der Waals surface area (Å²) in [7, 11) is 1.66. The van der Waals surface area contributed by atoms with Crippen molar-refractivity contribution in [2.45, 2.75) is 45.8 Å². The summed E-state index contributed by atoms with van der Waals surface area (Å²) in [6, 6.07) is 8.62. The first-order chi connectivity index (χ1) is 11.5. The van der Waals surface area contributed by atoms with Gasteiger partial charge in [-0.1, -0.05) is 12.1 Å². The van der Waals surface area contributed by atoms with Crippen molar-refractivity contribution in [1.82, 2.24) is 15.1 Å². The quantitative estimate of drug-likeness (QED) is 0.717. The van der Waals surface area contributed by atoms with Gasteiger partial charge in [-0.3, -0.25) is 4.68 Å². The lowest BCUT2D eigenvalue weighted by atomic mass is 10.1. The van der Waals surface area contributed by atoms with Crippen LogP contribution in [0.5, 0.6) is 5.75 Å². The van der Waals surface area contributed by atoms with Gasteiger partial charge in [-0.2, -0.15) is 5.10 Å². The van der Waals surface area contributed by atoms with E-state index in [1.807, 2.05) is 29.1 Å². The van der Waals surface area contributed by atoms with Crippen molar-refractivity contribution in [3.8, 4) is 5.75 Å². The van der Waals surface area contributed by atoms with Crippen LogP contribution in [-0.4, -0.2) is 16.9 Å². The zero-order valence-electron chi connectivity index (χ0n) is 14.9. The minimum absolute atomic E-state index is 0.0829. The van der Waals surface area contributed by atoms with Crippen LogP contribution in [0, 0.1) is 0 Å². The molecule has 3 rings (SSSR count). The Bertz CT molecular complexity index is 819. The Morgan fingerprint density at radius 2 is 1.96 bits per heavy atom. The molecule has 5 nitrogen and oxygen atoms in total. The Hall–Kier alpha value is -2.27. The number of hydrogen-bond donors (Lipinski definition) is 1. The average Bonchev–Trinajstić information content (AvgIpc) is 3.21. The van der Waals surface area contributed by atoms with E-state index < -0.39 is 0 Å². The number of para-hydroxylation sites is 1. The molecule has 1 N–H and O–H groups in total. The highest BCUT2D eigenvalue weighted by molar-refractivity contribution is 5.83. The van der Waals surface area contributed by atoms with E-state index in [1.54, 1.807) is 7.11 Å². The number of ether oxygens (including phenoxy) is 1. The highest BCUT2D eigenvalue weighted by Crippen LogP contribution is 2.31. The van der Waals surface area contributed by atoms with E-state index in [0.717, 1.165) is 22.5 Å². The van der Waals surface area contributed by atoms with Crippen LogP contribution in [0.2, 0.25) is 0 Å². The van der Waals surface area contributed by atoms with Crippen LogP contribution in [-0.2, 0) is 0 Å². The Labute approximate surface area is 142 Å². The molecule has 24 heavy (non-hydrogen) atoms. The smallest absolute Gasteiger partial charge is 0.176 e. The summed E-state index contributed by atoms with van der Waals surface area (Å²) in [5.74, 6) is 1.66. The molecular weight excluding hydrogens is 302 g/mol. The van der Waals surface area contributed by atoms with Crippen molar-refractivity contribution in [3.05, 3.63) is 48.0 Å². The van der Waals surface area contributed by atoms with Crippen LogP contribution < -0.4 is 10.1 Å². The molecule has 2 atom stereocenters. The molecule has 0 aliphatic rings. The topological polar surface area (TPSA) is 52.2 Å². The molecule has 0 aliphatic heterocycles. The van der Waals surface area contributed by atoms with Crippen LogP contribution in [0.15, 0.2) is 41.1 Å². The number of rotatable bonds is 6. The molecule has 5 heteroatoms. The second-order valence-electron chi connectivity index (χ2n) is 6.48. The van der Waals surface area contributed by atoms with Crippen molar-refractivity contribution in [3.63, 3.8) is 0 Å².